The third-order valence-corrected chi connectivity index (χ3v) is 5.17. The fourth-order valence-electron chi connectivity index (χ4n) is 3.35. The second-order valence-corrected chi connectivity index (χ2v) is 7.57. The number of nitrogens with zero attached hydrogens (tertiary/aromatic N) is 6. The zero-order valence-electron chi connectivity index (χ0n) is 17.8. The number of amides is 1. The standard InChI is InChI=1S/C20H26ClN7O3.HI/c1-2-22-20(23-6-7-27-15-18(14-24-27)28(30)31)26-10-8-25(9-11-26)19(29)13-16-4-3-5-17(21)12-16;/h3-5,12,14-15H,2,6-11,13H2,1H3,(H,22,23);1H. The van der Waals surface area contributed by atoms with E-state index in [-0.39, 0.29) is 35.6 Å². The van der Waals surface area contributed by atoms with Gasteiger partial charge >= 0.3 is 5.69 Å². The highest BCUT2D eigenvalue weighted by atomic mass is 127. The van der Waals surface area contributed by atoms with Gasteiger partial charge in [-0.1, -0.05) is 23.7 Å². The van der Waals surface area contributed by atoms with Gasteiger partial charge in [-0.15, -0.1) is 24.0 Å². The predicted octanol–water partition coefficient (Wildman–Crippen LogP) is 2.42. The van der Waals surface area contributed by atoms with Crippen LogP contribution in [-0.4, -0.2) is 75.6 Å². The lowest BCUT2D eigenvalue weighted by molar-refractivity contribution is -0.385. The molecule has 0 unspecified atom stereocenters. The molecule has 12 heteroatoms. The van der Waals surface area contributed by atoms with Gasteiger partial charge in [-0.25, -0.2) is 0 Å². The molecule has 1 aliphatic rings. The van der Waals surface area contributed by atoms with Gasteiger partial charge in [-0.3, -0.25) is 24.6 Å². The monoisotopic (exact) mass is 575 g/mol. The first kappa shape index (κ1) is 25.8. The Labute approximate surface area is 208 Å². The third kappa shape index (κ3) is 7.33. The van der Waals surface area contributed by atoms with Gasteiger partial charge in [0.2, 0.25) is 5.91 Å². The van der Waals surface area contributed by atoms with Crippen LogP contribution in [0.15, 0.2) is 41.7 Å². The number of piperazine rings is 1. The van der Waals surface area contributed by atoms with E-state index in [1.807, 2.05) is 30.0 Å². The molecule has 0 saturated carbocycles. The van der Waals surface area contributed by atoms with Crippen LogP contribution in [0, 0.1) is 10.1 Å². The molecule has 32 heavy (non-hydrogen) atoms. The van der Waals surface area contributed by atoms with Crippen molar-refractivity contribution in [2.75, 3.05) is 39.3 Å². The van der Waals surface area contributed by atoms with Crippen molar-refractivity contribution >= 4 is 53.1 Å². The van der Waals surface area contributed by atoms with Crippen LogP contribution in [-0.2, 0) is 17.8 Å². The molecule has 0 bridgehead atoms. The van der Waals surface area contributed by atoms with E-state index in [2.05, 4.69) is 20.3 Å². The number of nitro groups is 1. The number of nitrogens with one attached hydrogen (secondary N) is 1. The SMILES string of the molecule is CCNC(=NCCn1cc([N+](=O)[O-])cn1)N1CCN(C(=O)Cc2cccc(Cl)c2)CC1.I. The summed E-state index contributed by atoms with van der Waals surface area (Å²) in [6, 6.07) is 7.37. The Balaban J connectivity index is 0.00000363. The molecule has 1 N–H and O–H groups in total. The molecule has 10 nitrogen and oxygen atoms in total. The molecule has 0 aliphatic carbocycles. The lowest BCUT2D eigenvalue weighted by Gasteiger charge is -2.36. The molecular formula is C20H27ClIN7O3. The molecule has 1 saturated heterocycles. The van der Waals surface area contributed by atoms with Gasteiger partial charge in [0.25, 0.3) is 0 Å². The molecule has 1 aromatic carbocycles. The zero-order valence-corrected chi connectivity index (χ0v) is 20.9. The Bertz CT molecular complexity index is 945. The summed E-state index contributed by atoms with van der Waals surface area (Å²) in [7, 11) is 0. The van der Waals surface area contributed by atoms with Crippen molar-refractivity contribution in [2.24, 2.45) is 4.99 Å². The minimum Gasteiger partial charge on any atom is -0.357 e. The Morgan fingerprint density at radius 3 is 2.62 bits per heavy atom. The molecule has 1 aliphatic heterocycles. The molecule has 3 rings (SSSR count). The van der Waals surface area contributed by atoms with E-state index in [4.69, 9.17) is 11.6 Å². The van der Waals surface area contributed by atoms with E-state index in [1.54, 1.807) is 6.07 Å². The van der Waals surface area contributed by atoms with Gasteiger partial charge in [0.05, 0.1) is 24.4 Å². The van der Waals surface area contributed by atoms with E-state index in [9.17, 15) is 14.9 Å². The van der Waals surface area contributed by atoms with Crippen LogP contribution in [0.3, 0.4) is 0 Å². The lowest BCUT2D eigenvalue weighted by Crippen LogP contribution is -2.54. The van der Waals surface area contributed by atoms with E-state index in [0.29, 0.717) is 50.7 Å². The molecule has 2 heterocycles. The minimum absolute atomic E-state index is 0. The highest BCUT2D eigenvalue weighted by Crippen LogP contribution is 2.13. The van der Waals surface area contributed by atoms with Crippen molar-refractivity contribution in [3.05, 3.63) is 57.4 Å². The summed E-state index contributed by atoms with van der Waals surface area (Å²) in [5.41, 5.74) is 0.878. The number of aliphatic imine (C=N–C) groups is 1. The van der Waals surface area contributed by atoms with Crippen molar-refractivity contribution in [1.29, 1.82) is 0 Å². The Morgan fingerprint density at radius 2 is 2.00 bits per heavy atom. The van der Waals surface area contributed by atoms with Gasteiger partial charge in [0.1, 0.15) is 12.4 Å². The fraction of sp³-hybridized carbons (Fsp3) is 0.450. The molecule has 174 valence electrons. The summed E-state index contributed by atoms with van der Waals surface area (Å²) in [4.78, 5) is 31.5. The topological polar surface area (TPSA) is 109 Å². The number of halogens is 2. The highest BCUT2D eigenvalue weighted by molar-refractivity contribution is 14.0. The van der Waals surface area contributed by atoms with Crippen molar-refractivity contribution in [2.45, 2.75) is 19.9 Å². The van der Waals surface area contributed by atoms with E-state index in [1.165, 1.54) is 17.1 Å². The maximum atomic E-state index is 12.6. The first-order chi connectivity index (χ1) is 15.0. The van der Waals surface area contributed by atoms with Gasteiger partial charge in [-0.05, 0) is 24.6 Å². The van der Waals surface area contributed by atoms with Crippen LogP contribution in [0.4, 0.5) is 5.69 Å². The summed E-state index contributed by atoms with van der Waals surface area (Å²) in [6.07, 6.45) is 2.96. The number of carbonyl (C=O) groups excluding carboxylic acids is 1. The summed E-state index contributed by atoms with van der Waals surface area (Å²) >= 11 is 6.01. The summed E-state index contributed by atoms with van der Waals surface area (Å²) in [6.45, 7) is 6.21. The second kappa shape index (κ2) is 12.6. The number of hydrogen-bond donors (Lipinski definition) is 1. The number of benzene rings is 1. The van der Waals surface area contributed by atoms with Crippen LogP contribution in [0.1, 0.15) is 12.5 Å². The van der Waals surface area contributed by atoms with Crippen LogP contribution < -0.4 is 5.32 Å². The van der Waals surface area contributed by atoms with Crippen molar-refractivity contribution in [3.63, 3.8) is 0 Å². The van der Waals surface area contributed by atoms with E-state index in [0.717, 1.165) is 18.1 Å². The van der Waals surface area contributed by atoms with Crippen LogP contribution in [0.5, 0.6) is 0 Å². The molecule has 0 spiro atoms. The maximum Gasteiger partial charge on any atom is 0.306 e. The first-order valence-corrected chi connectivity index (χ1v) is 10.6. The van der Waals surface area contributed by atoms with Gasteiger partial charge < -0.3 is 15.1 Å². The van der Waals surface area contributed by atoms with Crippen LogP contribution >= 0.6 is 35.6 Å². The number of carbonyl (C=O) groups is 1. The summed E-state index contributed by atoms with van der Waals surface area (Å²) < 4.78 is 1.51. The Morgan fingerprint density at radius 1 is 1.28 bits per heavy atom. The predicted molar refractivity (Wildman–Crippen MR) is 134 cm³/mol. The minimum atomic E-state index is -0.468. The normalized spacial score (nSPS) is 14.1. The molecule has 0 atom stereocenters. The van der Waals surface area contributed by atoms with Crippen LogP contribution in [0.25, 0.3) is 0 Å². The molecular weight excluding hydrogens is 549 g/mol. The van der Waals surface area contributed by atoms with Crippen LogP contribution in [0.2, 0.25) is 5.02 Å². The number of rotatable bonds is 7. The van der Waals surface area contributed by atoms with Crippen molar-refractivity contribution in [3.8, 4) is 0 Å². The zero-order chi connectivity index (χ0) is 22.2. The number of guanidine groups is 1. The first-order valence-electron chi connectivity index (χ1n) is 10.2. The highest BCUT2D eigenvalue weighted by Gasteiger charge is 2.23. The largest absolute Gasteiger partial charge is 0.357 e. The second-order valence-electron chi connectivity index (χ2n) is 7.13. The molecule has 1 amide bonds. The van der Waals surface area contributed by atoms with Gasteiger partial charge in [0.15, 0.2) is 5.96 Å². The average Bonchev–Trinajstić information content (AvgIpc) is 3.23. The maximum absolute atomic E-state index is 12.6. The molecule has 1 aromatic heterocycles. The molecule has 0 radical (unpaired) electrons. The quantitative estimate of drug-likeness (QED) is 0.179. The van der Waals surface area contributed by atoms with E-state index >= 15 is 0 Å². The van der Waals surface area contributed by atoms with Crippen molar-refractivity contribution in [1.82, 2.24) is 24.9 Å². The summed E-state index contributed by atoms with van der Waals surface area (Å²) in [5.74, 6) is 0.857. The smallest absolute Gasteiger partial charge is 0.306 e. The van der Waals surface area contributed by atoms with E-state index < -0.39 is 4.92 Å². The number of hydrogen-bond acceptors (Lipinski definition) is 5. The van der Waals surface area contributed by atoms with Gasteiger partial charge in [0, 0.05) is 37.7 Å². The molecule has 1 fully saturated rings. The van der Waals surface area contributed by atoms with Crippen molar-refractivity contribution < 1.29 is 9.72 Å². The third-order valence-electron chi connectivity index (χ3n) is 4.93. The molecule has 2 aromatic rings. The Kier molecular flexibility index (Phi) is 10.2. The number of aromatic nitrogens is 2. The lowest BCUT2D eigenvalue weighted by atomic mass is 10.1. The van der Waals surface area contributed by atoms with Gasteiger partial charge in [-0.2, -0.15) is 5.10 Å². The Hall–Kier alpha value is -2.41. The fourth-order valence-corrected chi connectivity index (χ4v) is 3.57. The average molecular weight is 576 g/mol. The summed E-state index contributed by atoms with van der Waals surface area (Å²) in [5, 5.41) is 18.6.